The minimum Gasteiger partial charge on any atom is -0.198 e. The van der Waals surface area contributed by atoms with Crippen molar-refractivity contribution in [2.75, 3.05) is 11.5 Å². The van der Waals surface area contributed by atoms with Crippen LogP contribution in [-0.4, -0.2) is 11.5 Å². The lowest BCUT2D eigenvalue weighted by Gasteiger charge is -2.21. The summed E-state index contributed by atoms with van der Waals surface area (Å²) in [6.45, 7) is 2.03. The molecule has 0 saturated carbocycles. The molecule has 0 aromatic heterocycles. The second-order valence-corrected chi connectivity index (χ2v) is 4.89. The summed E-state index contributed by atoms with van der Waals surface area (Å²) in [5.74, 6) is 3.86. The molecule has 0 aromatic carbocycles. The Morgan fingerprint density at radius 1 is 1.50 bits per heavy atom. The third-order valence-electron chi connectivity index (χ3n) is 2.57. The monoisotopic (exact) mass is 183 g/mol. The summed E-state index contributed by atoms with van der Waals surface area (Å²) in [4.78, 5) is 0. The Balaban J connectivity index is 2.10. The fraction of sp³-hybridized carbons (Fsp3) is 0.900. The number of thioether (sulfide) groups is 1. The van der Waals surface area contributed by atoms with Crippen LogP contribution in [0, 0.1) is 23.2 Å². The molecule has 0 aromatic rings. The maximum absolute atomic E-state index is 8.61. The molecule has 68 valence electrons. The molecule has 2 heteroatoms. The van der Waals surface area contributed by atoms with Gasteiger partial charge < -0.3 is 0 Å². The Hall–Kier alpha value is -0.160. The lowest BCUT2D eigenvalue weighted by atomic mass is 9.93. The highest BCUT2D eigenvalue weighted by molar-refractivity contribution is 7.99. The number of rotatable bonds is 3. The van der Waals surface area contributed by atoms with Crippen LogP contribution in [0.15, 0.2) is 0 Å². The van der Waals surface area contributed by atoms with Gasteiger partial charge in [0.15, 0.2) is 0 Å². The molecule has 12 heavy (non-hydrogen) atoms. The highest BCUT2D eigenvalue weighted by atomic mass is 32.2. The normalized spacial score (nSPS) is 21.7. The Morgan fingerprint density at radius 3 is 2.75 bits per heavy atom. The highest BCUT2D eigenvalue weighted by Crippen LogP contribution is 2.27. The summed E-state index contributed by atoms with van der Waals surface area (Å²) in [5.41, 5.74) is 0. The van der Waals surface area contributed by atoms with Crippen molar-refractivity contribution in [1.29, 1.82) is 5.26 Å². The van der Waals surface area contributed by atoms with Crippen molar-refractivity contribution >= 4 is 11.8 Å². The van der Waals surface area contributed by atoms with Crippen molar-refractivity contribution in [3.63, 3.8) is 0 Å². The maximum atomic E-state index is 8.61. The molecular weight excluding hydrogens is 166 g/mol. The topological polar surface area (TPSA) is 23.8 Å². The quantitative estimate of drug-likeness (QED) is 0.671. The van der Waals surface area contributed by atoms with Crippen LogP contribution in [-0.2, 0) is 0 Å². The van der Waals surface area contributed by atoms with Gasteiger partial charge in [0.2, 0.25) is 0 Å². The van der Waals surface area contributed by atoms with Crippen LogP contribution in [0.1, 0.15) is 32.6 Å². The molecule has 0 bridgehead atoms. The molecule has 1 fully saturated rings. The van der Waals surface area contributed by atoms with Gasteiger partial charge in [0.05, 0.1) is 6.07 Å². The van der Waals surface area contributed by atoms with Gasteiger partial charge in [0.1, 0.15) is 0 Å². The molecule has 0 spiro atoms. The van der Waals surface area contributed by atoms with Crippen LogP contribution in [0.3, 0.4) is 0 Å². The first kappa shape index (κ1) is 9.92. The van der Waals surface area contributed by atoms with Crippen LogP contribution in [0.2, 0.25) is 0 Å². The van der Waals surface area contributed by atoms with E-state index in [9.17, 15) is 0 Å². The van der Waals surface area contributed by atoms with Crippen LogP contribution in [0.4, 0.5) is 0 Å². The van der Waals surface area contributed by atoms with Gasteiger partial charge in [-0.05, 0) is 50.0 Å². The Kier molecular flexibility index (Phi) is 4.53. The van der Waals surface area contributed by atoms with Crippen LogP contribution >= 0.6 is 11.8 Å². The fourth-order valence-corrected chi connectivity index (χ4v) is 2.79. The SMILES string of the molecule is CC(C#N)CCC1CCSCC1. The Bertz CT molecular complexity index is 156. The molecule has 1 atom stereocenters. The van der Waals surface area contributed by atoms with Crippen LogP contribution in [0.25, 0.3) is 0 Å². The summed E-state index contributed by atoms with van der Waals surface area (Å²) in [5, 5.41) is 8.61. The zero-order valence-corrected chi connectivity index (χ0v) is 8.57. The van der Waals surface area contributed by atoms with E-state index in [1.165, 1.54) is 30.8 Å². The Labute approximate surface area is 79.5 Å². The average molecular weight is 183 g/mol. The number of hydrogen-bond donors (Lipinski definition) is 0. The molecule has 1 saturated heterocycles. The van der Waals surface area contributed by atoms with Gasteiger partial charge in [-0.15, -0.1) is 0 Å². The molecule has 0 N–H and O–H groups in total. The molecule has 1 heterocycles. The van der Waals surface area contributed by atoms with E-state index in [2.05, 4.69) is 17.8 Å². The van der Waals surface area contributed by atoms with Gasteiger partial charge in [-0.2, -0.15) is 17.0 Å². The molecule has 1 rings (SSSR count). The van der Waals surface area contributed by atoms with Crippen molar-refractivity contribution < 1.29 is 0 Å². The van der Waals surface area contributed by atoms with E-state index < -0.39 is 0 Å². The average Bonchev–Trinajstić information content (AvgIpc) is 2.16. The van der Waals surface area contributed by atoms with E-state index in [-0.39, 0.29) is 5.92 Å². The first-order valence-corrected chi connectivity index (χ1v) is 5.95. The van der Waals surface area contributed by atoms with Crippen molar-refractivity contribution in [2.45, 2.75) is 32.6 Å². The minimum absolute atomic E-state index is 0.263. The van der Waals surface area contributed by atoms with Crippen molar-refractivity contribution in [1.82, 2.24) is 0 Å². The van der Waals surface area contributed by atoms with Gasteiger partial charge in [-0.25, -0.2) is 0 Å². The molecule has 1 nitrogen and oxygen atoms in total. The molecule has 1 unspecified atom stereocenters. The van der Waals surface area contributed by atoms with Crippen LogP contribution < -0.4 is 0 Å². The van der Waals surface area contributed by atoms with Gasteiger partial charge in [-0.1, -0.05) is 0 Å². The van der Waals surface area contributed by atoms with E-state index in [0.29, 0.717) is 0 Å². The molecule has 0 radical (unpaired) electrons. The molecular formula is C10H17NS. The predicted molar refractivity (Wildman–Crippen MR) is 54.1 cm³/mol. The van der Waals surface area contributed by atoms with E-state index >= 15 is 0 Å². The molecule has 0 amide bonds. The number of hydrogen-bond acceptors (Lipinski definition) is 2. The molecule has 0 aliphatic carbocycles. The largest absolute Gasteiger partial charge is 0.198 e. The number of nitrogens with zero attached hydrogens (tertiary/aromatic N) is 1. The third kappa shape index (κ3) is 3.49. The second-order valence-electron chi connectivity index (χ2n) is 3.66. The van der Waals surface area contributed by atoms with E-state index in [1.54, 1.807) is 0 Å². The third-order valence-corrected chi connectivity index (χ3v) is 3.62. The van der Waals surface area contributed by atoms with Crippen molar-refractivity contribution in [2.24, 2.45) is 11.8 Å². The maximum Gasteiger partial charge on any atom is 0.0652 e. The van der Waals surface area contributed by atoms with Gasteiger partial charge in [-0.3, -0.25) is 0 Å². The van der Waals surface area contributed by atoms with E-state index in [0.717, 1.165) is 12.3 Å². The fourth-order valence-electron chi connectivity index (χ4n) is 1.59. The number of nitriles is 1. The minimum atomic E-state index is 0.263. The van der Waals surface area contributed by atoms with E-state index in [1.807, 2.05) is 6.92 Å². The smallest absolute Gasteiger partial charge is 0.0652 e. The summed E-state index contributed by atoms with van der Waals surface area (Å²) >= 11 is 2.07. The lowest BCUT2D eigenvalue weighted by molar-refractivity contribution is 0.417. The lowest BCUT2D eigenvalue weighted by Crippen LogP contribution is -2.10. The molecule has 1 aliphatic rings. The van der Waals surface area contributed by atoms with Gasteiger partial charge in [0, 0.05) is 5.92 Å². The summed E-state index contributed by atoms with van der Waals surface area (Å²) in [6, 6.07) is 2.30. The first-order valence-electron chi connectivity index (χ1n) is 4.80. The zero-order valence-electron chi connectivity index (χ0n) is 7.75. The van der Waals surface area contributed by atoms with Gasteiger partial charge >= 0.3 is 0 Å². The summed E-state index contributed by atoms with van der Waals surface area (Å²) < 4.78 is 0. The Morgan fingerprint density at radius 2 is 2.17 bits per heavy atom. The van der Waals surface area contributed by atoms with Crippen LogP contribution in [0.5, 0.6) is 0 Å². The first-order chi connectivity index (χ1) is 5.83. The van der Waals surface area contributed by atoms with Crippen molar-refractivity contribution in [3.8, 4) is 6.07 Å². The van der Waals surface area contributed by atoms with Crippen molar-refractivity contribution in [3.05, 3.63) is 0 Å². The second kappa shape index (κ2) is 5.48. The molecule has 1 aliphatic heterocycles. The highest BCUT2D eigenvalue weighted by Gasteiger charge is 2.14. The predicted octanol–water partition coefficient (Wildman–Crippen LogP) is 3.07. The van der Waals surface area contributed by atoms with Gasteiger partial charge in [0.25, 0.3) is 0 Å². The zero-order chi connectivity index (χ0) is 8.81. The standard InChI is InChI=1S/C10H17NS/c1-9(8-11)2-3-10-4-6-12-7-5-10/h9-10H,2-7H2,1H3. The summed E-state index contributed by atoms with van der Waals surface area (Å²) in [6.07, 6.45) is 5.13. The van der Waals surface area contributed by atoms with E-state index in [4.69, 9.17) is 5.26 Å². The summed E-state index contributed by atoms with van der Waals surface area (Å²) in [7, 11) is 0.